The van der Waals surface area contributed by atoms with Crippen molar-refractivity contribution in [2.24, 2.45) is 0 Å². The van der Waals surface area contributed by atoms with E-state index in [0.717, 1.165) is 0 Å². The number of unbranched alkanes of at least 4 members (excludes halogenated alkanes) is 1. The van der Waals surface area contributed by atoms with Gasteiger partial charge in [-0.3, -0.25) is 0 Å². The van der Waals surface area contributed by atoms with Crippen LogP contribution in [0.1, 0.15) is 86.1 Å². The molecule has 0 radical (unpaired) electrons. The summed E-state index contributed by atoms with van der Waals surface area (Å²) in [5.41, 5.74) is 14.8. The Morgan fingerprint density at radius 2 is 1.08 bits per heavy atom. The molecule has 0 unspecified atom stereocenters. The Bertz CT molecular complexity index is 1450. The first-order chi connectivity index (χ1) is 19.0. The van der Waals surface area contributed by atoms with Crippen molar-refractivity contribution in [2.75, 3.05) is 4.90 Å². The van der Waals surface area contributed by atoms with Gasteiger partial charge in [0.1, 0.15) is 0 Å². The molecule has 3 aliphatic carbocycles. The zero-order chi connectivity index (χ0) is 26.6. The van der Waals surface area contributed by atoms with Crippen LogP contribution in [0.5, 0.6) is 0 Å². The average molecular weight is 512 g/mol. The maximum Gasteiger partial charge on any atom is 0.0465 e. The van der Waals surface area contributed by atoms with E-state index in [9.17, 15) is 0 Å². The SMILES string of the molecule is CCCCc1ccc2c(c1)C13CCCC1(CCC3)c1cc(N(c3ccc(C)cc3)c3ccc(C)cc3)ccc1-2. The van der Waals surface area contributed by atoms with Crippen LogP contribution in [-0.4, -0.2) is 0 Å². The number of hydrogen-bond acceptors (Lipinski definition) is 1. The van der Waals surface area contributed by atoms with E-state index in [2.05, 4.69) is 111 Å². The highest BCUT2D eigenvalue weighted by atomic mass is 15.1. The minimum atomic E-state index is 0.279. The number of anilines is 3. The number of hydrogen-bond donors (Lipinski definition) is 0. The topological polar surface area (TPSA) is 3.24 Å². The fraction of sp³-hybridized carbons (Fsp3) is 0.368. The van der Waals surface area contributed by atoms with Gasteiger partial charge in [-0.25, -0.2) is 0 Å². The number of aryl methyl sites for hydroxylation is 3. The van der Waals surface area contributed by atoms with Crippen molar-refractivity contribution in [1.82, 2.24) is 0 Å². The number of benzene rings is 4. The van der Waals surface area contributed by atoms with Crippen LogP contribution in [0.4, 0.5) is 17.1 Å². The van der Waals surface area contributed by atoms with E-state index in [-0.39, 0.29) is 5.41 Å². The summed E-state index contributed by atoms with van der Waals surface area (Å²) in [6, 6.07) is 33.0. The van der Waals surface area contributed by atoms with Gasteiger partial charge in [0.2, 0.25) is 0 Å². The Morgan fingerprint density at radius 1 is 0.590 bits per heavy atom. The van der Waals surface area contributed by atoms with Crippen LogP contribution in [0, 0.1) is 13.8 Å². The van der Waals surface area contributed by atoms with E-state index >= 15 is 0 Å². The fourth-order valence-corrected chi connectivity index (χ4v) is 8.54. The first-order valence-corrected chi connectivity index (χ1v) is 15.3. The van der Waals surface area contributed by atoms with Gasteiger partial charge >= 0.3 is 0 Å². The zero-order valence-electron chi connectivity index (χ0n) is 23.9. The third-order valence-corrected chi connectivity index (χ3v) is 10.4. The van der Waals surface area contributed by atoms with Crippen LogP contribution in [0.2, 0.25) is 0 Å². The van der Waals surface area contributed by atoms with Gasteiger partial charge in [0.15, 0.2) is 0 Å². The molecule has 0 amide bonds. The van der Waals surface area contributed by atoms with E-state index in [1.807, 2.05) is 0 Å². The maximum absolute atomic E-state index is 2.64. The first kappa shape index (κ1) is 24.7. The van der Waals surface area contributed by atoms with Gasteiger partial charge in [0, 0.05) is 27.9 Å². The molecule has 2 saturated carbocycles. The Labute approximate surface area is 234 Å². The van der Waals surface area contributed by atoms with Gasteiger partial charge < -0.3 is 4.90 Å². The average Bonchev–Trinajstić information content (AvgIpc) is 3.53. The van der Waals surface area contributed by atoms with Crippen LogP contribution in [0.3, 0.4) is 0 Å². The Balaban J connectivity index is 1.43. The molecule has 0 bridgehead atoms. The summed E-state index contributed by atoms with van der Waals surface area (Å²) in [5.74, 6) is 0. The zero-order valence-corrected chi connectivity index (χ0v) is 23.9. The van der Waals surface area contributed by atoms with E-state index < -0.39 is 0 Å². The maximum atomic E-state index is 2.64. The molecule has 0 aromatic heterocycles. The van der Waals surface area contributed by atoms with E-state index in [1.165, 1.54) is 97.1 Å². The molecule has 4 aromatic carbocycles. The first-order valence-electron chi connectivity index (χ1n) is 15.3. The molecular formula is C38H41N. The van der Waals surface area contributed by atoms with Crippen LogP contribution in [0.15, 0.2) is 84.9 Å². The second-order valence-corrected chi connectivity index (χ2v) is 12.6. The molecule has 0 N–H and O–H groups in total. The summed E-state index contributed by atoms with van der Waals surface area (Å²) in [6.45, 7) is 6.65. The molecule has 0 atom stereocenters. The highest BCUT2D eigenvalue weighted by Gasteiger charge is 2.62. The molecule has 1 nitrogen and oxygen atoms in total. The van der Waals surface area contributed by atoms with Gasteiger partial charge in [0.05, 0.1) is 0 Å². The van der Waals surface area contributed by atoms with Crippen molar-refractivity contribution in [2.45, 2.75) is 89.4 Å². The lowest BCUT2D eigenvalue weighted by atomic mass is 9.55. The van der Waals surface area contributed by atoms with Crippen LogP contribution >= 0.6 is 0 Å². The summed E-state index contributed by atoms with van der Waals surface area (Å²) < 4.78 is 0. The molecule has 3 aliphatic rings. The Hall–Kier alpha value is -3.32. The van der Waals surface area contributed by atoms with E-state index in [1.54, 1.807) is 16.7 Å². The van der Waals surface area contributed by atoms with Gasteiger partial charge in [-0.15, -0.1) is 0 Å². The summed E-state index contributed by atoms with van der Waals surface area (Å²) in [7, 11) is 0. The molecule has 0 heterocycles. The van der Waals surface area contributed by atoms with Gasteiger partial charge in [-0.2, -0.15) is 0 Å². The third kappa shape index (κ3) is 3.73. The van der Waals surface area contributed by atoms with Gasteiger partial charge in [-0.05, 0) is 117 Å². The van der Waals surface area contributed by atoms with Crippen molar-refractivity contribution < 1.29 is 0 Å². The summed E-state index contributed by atoms with van der Waals surface area (Å²) >= 11 is 0. The van der Waals surface area contributed by atoms with E-state index in [4.69, 9.17) is 0 Å². The van der Waals surface area contributed by atoms with Gasteiger partial charge in [-0.1, -0.05) is 85.8 Å². The molecular weight excluding hydrogens is 470 g/mol. The minimum absolute atomic E-state index is 0.279. The molecule has 1 heteroatoms. The van der Waals surface area contributed by atoms with E-state index in [0.29, 0.717) is 5.41 Å². The fourth-order valence-electron chi connectivity index (χ4n) is 8.54. The summed E-state index contributed by atoms with van der Waals surface area (Å²) in [5, 5.41) is 0. The Kier molecular flexibility index (Phi) is 5.96. The molecule has 4 aromatic rings. The smallest absolute Gasteiger partial charge is 0.0465 e. The standard InChI is InChI=1S/C38H41N/c1-4-5-8-29-13-19-33-34-20-18-32(26-36(34)38-23-6-21-37(38,22-7-24-38)35(33)25-29)39(30-14-9-27(2)10-15-30)31-16-11-28(3)12-17-31/h9-20,25-26H,4-8,21-24H2,1-3H3. The van der Waals surface area contributed by atoms with Gasteiger partial charge in [0.25, 0.3) is 0 Å². The normalized spacial score (nSPS) is 22.6. The lowest BCUT2D eigenvalue weighted by molar-refractivity contribution is 0.299. The lowest BCUT2D eigenvalue weighted by Gasteiger charge is -2.48. The second kappa shape index (κ2) is 9.40. The van der Waals surface area contributed by atoms with Crippen molar-refractivity contribution in [1.29, 1.82) is 0 Å². The van der Waals surface area contributed by atoms with Crippen molar-refractivity contribution in [3.05, 3.63) is 113 Å². The quantitative estimate of drug-likeness (QED) is 0.249. The lowest BCUT2D eigenvalue weighted by Crippen LogP contribution is -2.43. The molecule has 198 valence electrons. The molecule has 7 rings (SSSR count). The second-order valence-electron chi connectivity index (χ2n) is 12.6. The number of fused-ring (bicyclic) bond motifs is 3. The highest BCUT2D eigenvalue weighted by Crippen LogP contribution is 2.69. The Morgan fingerprint density at radius 3 is 1.62 bits per heavy atom. The van der Waals surface area contributed by atoms with Crippen molar-refractivity contribution >= 4 is 17.1 Å². The molecule has 2 fully saturated rings. The third-order valence-electron chi connectivity index (χ3n) is 10.4. The summed E-state index contributed by atoms with van der Waals surface area (Å²) in [4.78, 5) is 2.46. The monoisotopic (exact) mass is 511 g/mol. The molecule has 0 spiro atoms. The minimum Gasteiger partial charge on any atom is -0.310 e. The molecule has 0 saturated heterocycles. The number of rotatable bonds is 6. The van der Waals surface area contributed by atoms with Crippen molar-refractivity contribution in [3.63, 3.8) is 0 Å². The predicted octanol–water partition coefficient (Wildman–Crippen LogP) is 10.6. The number of nitrogens with zero attached hydrogens (tertiary/aromatic N) is 1. The largest absolute Gasteiger partial charge is 0.310 e. The van der Waals surface area contributed by atoms with Crippen molar-refractivity contribution in [3.8, 4) is 11.1 Å². The van der Waals surface area contributed by atoms with Crippen LogP contribution in [-0.2, 0) is 17.3 Å². The van der Waals surface area contributed by atoms with Crippen LogP contribution < -0.4 is 4.90 Å². The molecule has 0 aliphatic heterocycles. The summed E-state index contributed by atoms with van der Waals surface area (Å²) in [6.07, 6.45) is 11.8. The van der Waals surface area contributed by atoms with Crippen LogP contribution in [0.25, 0.3) is 11.1 Å². The molecule has 39 heavy (non-hydrogen) atoms. The highest BCUT2D eigenvalue weighted by molar-refractivity contribution is 5.84. The predicted molar refractivity (Wildman–Crippen MR) is 166 cm³/mol.